The molecule has 0 saturated carbocycles. The number of hydrogen-bond acceptors (Lipinski definition) is 5. The predicted molar refractivity (Wildman–Crippen MR) is 98.2 cm³/mol. The van der Waals surface area contributed by atoms with Gasteiger partial charge in [-0.1, -0.05) is 12.8 Å². The van der Waals surface area contributed by atoms with Crippen LogP contribution in [0.3, 0.4) is 0 Å². The van der Waals surface area contributed by atoms with Gasteiger partial charge in [0.05, 0.1) is 0 Å². The van der Waals surface area contributed by atoms with Gasteiger partial charge in [0.2, 0.25) is 5.95 Å². The fraction of sp³-hybridized carbons (Fsp3) is 0.778. The van der Waals surface area contributed by atoms with Crippen molar-refractivity contribution in [3.8, 4) is 0 Å². The van der Waals surface area contributed by atoms with E-state index in [9.17, 15) is 0 Å². The predicted octanol–water partition coefficient (Wildman–Crippen LogP) is 3.39. The molecule has 1 saturated heterocycles. The average Bonchev–Trinajstić information content (AvgIpc) is 2.80. The van der Waals surface area contributed by atoms with Crippen LogP contribution in [0.5, 0.6) is 0 Å². The van der Waals surface area contributed by atoms with Gasteiger partial charge in [-0.2, -0.15) is 4.98 Å². The van der Waals surface area contributed by atoms with Crippen LogP contribution in [0.4, 0.5) is 11.8 Å². The summed E-state index contributed by atoms with van der Waals surface area (Å²) in [5.74, 6) is 1.81. The fourth-order valence-electron chi connectivity index (χ4n) is 3.32. The monoisotopic (exact) mass is 319 g/mol. The zero-order chi connectivity index (χ0) is 16.7. The number of rotatable bonds is 7. The van der Waals surface area contributed by atoms with Gasteiger partial charge in [0.15, 0.2) is 0 Å². The van der Waals surface area contributed by atoms with E-state index < -0.39 is 0 Å². The minimum atomic E-state index is 0.557. The van der Waals surface area contributed by atoms with E-state index in [1.807, 2.05) is 12.3 Å². The molecule has 5 heteroatoms. The molecule has 0 aliphatic carbocycles. The maximum Gasteiger partial charge on any atom is 0.224 e. The van der Waals surface area contributed by atoms with Crippen molar-refractivity contribution in [3.63, 3.8) is 0 Å². The standard InChI is InChI=1S/C18H33N5/c1-15(2)23(16(3)4)14-11-20-18-19-10-9-17(21-18)22-12-7-5-6-8-13-22/h9-10,15-16H,5-8,11-14H2,1-4H3,(H,19,20,21). The van der Waals surface area contributed by atoms with Crippen LogP contribution in [0.2, 0.25) is 0 Å². The summed E-state index contributed by atoms with van der Waals surface area (Å²) >= 11 is 0. The molecule has 0 atom stereocenters. The van der Waals surface area contributed by atoms with E-state index in [-0.39, 0.29) is 0 Å². The highest BCUT2D eigenvalue weighted by Crippen LogP contribution is 2.17. The third kappa shape index (κ3) is 5.65. The second-order valence-corrected chi connectivity index (χ2v) is 6.99. The van der Waals surface area contributed by atoms with Gasteiger partial charge in [0.1, 0.15) is 5.82 Å². The van der Waals surface area contributed by atoms with E-state index in [2.05, 4.69) is 47.8 Å². The van der Waals surface area contributed by atoms with E-state index in [1.165, 1.54) is 25.7 Å². The van der Waals surface area contributed by atoms with Crippen molar-refractivity contribution in [2.75, 3.05) is 36.4 Å². The molecule has 5 nitrogen and oxygen atoms in total. The fourth-order valence-corrected chi connectivity index (χ4v) is 3.32. The minimum Gasteiger partial charge on any atom is -0.356 e. The van der Waals surface area contributed by atoms with E-state index in [4.69, 9.17) is 4.98 Å². The summed E-state index contributed by atoms with van der Waals surface area (Å²) in [6, 6.07) is 3.15. The Morgan fingerprint density at radius 2 is 1.74 bits per heavy atom. The lowest BCUT2D eigenvalue weighted by Gasteiger charge is -2.30. The van der Waals surface area contributed by atoms with E-state index in [0.717, 1.165) is 37.9 Å². The molecule has 1 aliphatic heterocycles. The lowest BCUT2D eigenvalue weighted by atomic mass is 10.2. The highest BCUT2D eigenvalue weighted by Gasteiger charge is 2.14. The van der Waals surface area contributed by atoms with Gasteiger partial charge in [0.25, 0.3) is 0 Å². The number of aromatic nitrogens is 2. The topological polar surface area (TPSA) is 44.3 Å². The molecule has 1 aromatic rings. The van der Waals surface area contributed by atoms with Crippen LogP contribution in [0.25, 0.3) is 0 Å². The molecule has 0 unspecified atom stereocenters. The molecule has 0 radical (unpaired) electrons. The molecule has 0 amide bonds. The van der Waals surface area contributed by atoms with Gasteiger partial charge in [-0.3, -0.25) is 4.90 Å². The van der Waals surface area contributed by atoms with Crippen molar-refractivity contribution >= 4 is 11.8 Å². The van der Waals surface area contributed by atoms with E-state index in [0.29, 0.717) is 12.1 Å². The van der Waals surface area contributed by atoms with Crippen molar-refractivity contribution in [3.05, 3.63) is 12.3 Å². The lowest BCUT2D eigenvalue weighted by molar-refractivity contribution is 0.182. The van der Waals surface area contributed by atoms with Crippen LogP contribution in [-0.2, 0) is 0 Å². The molecule has 0 aromatic carbocycles. The average molecular weight is 319 g/mol. The quantitative estimate of drug-likeness (QED) is 0.834. The molecule has 0 spiro atoms. The van der Waals surface area contributed by atoms with Gasteiger partial charge in [-0.15, -0.1) is 0 Å². The molecular formula is C18H33N5. The van der Waals surface area contributed by atoms with Gasteiger partial charge < -0.3 is 10.2 Å². The smallest absolute Gasteiger partial charge is 0.224 e. The summed E-state index contributed by atoms with van der Waals surface area (Å²) in [6.45, 7) is 13.1. The van der Waals surface area contributed by atoms with Crippen molar-refractivity contribution in [2.24, 2.45) is 0 Å². The molecule has 2 heterocycles. The Hall–Kier alpha value is -1.36. The molecule has 1 aliphatic rings. The molecule has 1 N–H and O–H groups in total. The normalized spacial score (nSPS) is 16.2. The summed E-state index contributed by atoms with van der Waals surface area (Å²) in [5, 5.41) is 3.39. The second-order valence-electron chi connectivity index (χ2n) is 6.99. The van der Waals surface area contributed by atoms with Crippen LogP contribution in [0.1, 0.15) is 53.4 Å². The van der Waals surface area contributed by atoms with Crippen molar-refractivity contribution in [1.82, 2.24) is 14.9 Å². The molecule has 2 rings (SSSR count). The SMILES string of the molecule is CC(C)N(CCNc1nccc(N2CCCCCC2)n1)C(C)C. The van der Waals surface area contributed by atoms with E-state index >= 15 is 0 Å². The van der Waals surface area contributed by atoms with Crippen molar-refractivity contribution in [2.45, 2.75) is 65.5 Å². The molecular weight excluding hydrogens is 286 g/mol. The molecule has 23 heavy (non-hydrogen) atoms. The van der Waals surface area contributed by atoms with Crippen LogP contribution in [0, 0.1) is 0 Å². The van der Waals surface area contributed by atoms with E-state index in [1.54, 1.807) is 0 Å². The number of hydrogen-bond donors (Lipinski definition) is 1. The van der Waals surface area contributed by atoms with Crippen molar-refractivity contribution in [1.29, 1.82) is 0 Å². The Balaban J connectivity index is 1.89. The Morgan fingerprint density at radius 3 is 2.35 bits per heavy atom. The maximum atomic E-state index is 4.71. The minimum absolute atomic E-state index is 0.557. The number of nitrogens with zero attached hydrogens (tertiary/aromatic N) is 4. The Bertz CT molecular complexity index is 444. The Kier molecular flexibility index (Phi) is 7.09. The lowest BCUT2D eigenvalue weighted by Crippen LogP contribution is -2.40. The van der Waals surface area contributed by atoms with Crippen LogP contribution < -0.4 is 10.2 Å². The third-order valence-corrected chi connectivity index (χ3v) is 4.55. The first-order valence-electron chi connectivity index (χ1n) is 9.15. The summed E-state index contributed by atoms with van der Waals surface area (Å²) < 4.78 is 0. The zero-order valence-electron chi connectivity index (χ0n) is 15.3. The molecule has 130 valence electrons. The highest BCUT2D eigenvalue weighted by atomic mass is 15.2. The number of nitrogens with one attached hydrogen (secondary N) is 1. The molecule has 1 aromatic heterocycles. The summed E-state index contributed by atoms with van der Waals surface area (Å²) in [6.07, 6.45) is 7.09. The van der Waals surface area contributed by atoms with Crippen LogP contribution in [-0.4, -0.2) is 53.1 Å². The Morgan fingerprint density at radius 1 is 1.09 bits per heavy atom. The first-order chi connectivity index (χ1) is 11.1. The van der Waals surface area contributed by atoms with Gasteiger partial charge in [-0.25, -0.2) is 4.98 Å². The maximum absolute atomic E-state index is 4.71. The zero-order valence-corrected chi connectivity index (χ0v) is 15.3. The first-order valence-corrected chi connectivity index (χ1v) is 9.15. The van der Waals surface area contributed by atoms with Gasteiger partial charge in [0, 0.05) is 44.5 Å². The summed E-state index contributed by atoms with van der Waals surface area (Å²) in [5.41, 5.74) is 0. The third-order valence-electron chi connectivity index (χ3n) is 4.55. The Labute approximate surface area is 141 Å². The van der Waals surface area contributed by atoms with Crippen molar-refractivity contribution < 1.29 is 0 Å². The highest BCUT2D eigenvalue weighted by molar-refractivity contribution is 5.42. The van der Waals surface area contributed by atoms with Gasteiger partial charge in [-0.05, 0) is 46.6 Å². The van der Waals surface area contributed by atoms with Crippen LogP contribution >= 0.6 is 0 Å². The summed E-state index contributed by atoms with van der Waals surface area (Å²) in [7, 11) is 0. The molecule has 1 fully saturated rings. The van der Waals surface area contributed by atoms with Crippen LogP contribution in [0.15, 0.2) is 12.3 Å². The second kappa shape index (κ2) is 9.06. The first kappa shape index (κ1) is 18.0. The molecule has 0 bridgehead atoms. The summed E-state index contributed by atoms with van der Waals surface area (Å²) in [4.78, 5) is 14.0. The largest absolute Gasteiger partial charge is 0.356 e. The van der Waals surface area contributed by atoms with Gasteiger partial charge >= 0.3 is 0 Å². The number of anilines is 2.